The number of imide groups is 1. The Morgan fingerprint density at radius 1 is 1.13 bits per heavy atom. The Labute approximate surface area is 176 Å². The molecule has 1 aromatic carbocycles. The fourth-order valence-corrected chi connectivity index (χ4v) is 4.27. The summed E-state index contributed by atoms with van der Waals surface area (Å²) in [6.45, 7) is 4.93. The lowest BCUT2D eigenvalue weighted by Crippen LogP contribution is -2.51. The molecule has 3 saturated heterocycles. The van der Waals surface area contributed by atoms with Crippen LogP contribution in [0.1, 0.15) is 49.4 Å². The van der Waals surface area contributed by atoms with E-state index in [2.05, 4.69) is 4.90 Å². The van der Waals surface area contributed by atoms with E-state index < -0.39 is 17.8 Å². The fourth-order valence-electron chi connectivity index (χ4n) is 4.27. The van der Waals surface area contributed by atoms with Crippen LogP contribution < -0.4 is 4.90 Å². The number of carbonyl (C=O) groups excluding carboxylic acids is 3. The normalized spacial score (nSPS) is 24.0. The summed E-state index contributed by atoms with van der Waals surface area (Å²) in [7, 11) is 0. The minimum atomic E-state index is -0.510. The summed E-state index contributed by atoms with van der Waals surface area (Å²) in [5.41, 5.74) is 0.886. The average Bonchev–Trinajstić information content (AvgIpc) is 3.33. The number of piperidine rings is 1. The van der Waals surface area contributed by atoms with Crippen molar-refractivity contribution in [2.45, 2.75) is 50.9 Å². The number of likely N-dealkylation sites (tertiary alicyclic amines) is 1. The van der Waals surface area contributed by atoms with Gasteiger partial charge in [0.15, 0.2) is 5.79 Å². The zero-order chi connectivity index (χ0) is 21.1. The molecule has 1 aromatic rings. The molecule has 0 bridgehead atoms. The first-order chi connectivity index (χ1) is 14.5. The first-order valence-electron chi connectivity index (χ1n) is 10.7. The van der Waals surface area contributed by atoms with Gasteiger partial charge in [0.2, 0.25) is 5.91 Å². The van der Waals surface area contributed by atoms with Gasteiger partial charge >= 0.3 is 5.97 Å². The second kappa shape index (κ2) is 8.83. The summed E-state index contributed by atoms with van der Waals surface area (Å²) in [6, 6.07) is 5.98. The van der Waals surface area contributed by atoms with Crippen molar-refractivity contribution < 1.29 is 28.6 Å². The number of unbranched alkanes of at least 4 members (excludes halogenated alkanes) is 1. The SMILES string of the molecule is CCCCOC(=O)c1ccc(N2C(=O)C[C@@H](N3CCC4(CC3)OCCO4)C2=O)cc1. The van der Waals surface area contributed by atoms with E-state index in [0.29, 0.717) is 57.0 Å². The van der Waals surface area contributed by atoms with Crippen LogP contribution in [0, 0.1) is 0 Å². The second-order valence-electron chi connectivity index (χ2n) is 7.97. The standard InChI is InChI=1S/C22H28N2O6/c1-2-3-12-28-21(27)16-4-6-17(7-5-16)24-19(25)15-18(20(24)26)23-10-8-22(9-11-23)29-13-14-30-22/h4-7,18H,2-3,8-15H2,1H3/t18-/m1/s1. The van der Waals surface area contributed by atoms with Crippen molar-refractivity contribution in [3.63, 3.8) is 0 Å². The number of hydrogen-bond donors (Lipinski definition) is 0. The van der Waals surface area contributed by atoms with Crippen molar-refractivity contribution in [3.05, 3.63) is 29.8 Å². The highest BCUT2D eigenvalue weighted by molar-refractivity contribution is 6.22. The number of nitrogens with zero attached hydrogens (tertiary/aromatic N) is 2. The van der Waals surface area contributed by atoms with Gasteiger partial charge in [-0.25, -0.2) is 9.69 Å². The van der Waals surface area contributed by atoms with E-state index in [9.17, 15) is 14.4 Å². The number of amides is 2. The number of anilines is 1. The Hall–Kier alpha value is -2.29. The predicted molar refractivity (Wildman–Crippen MR) is 108 cm³/mol. The maximum atomic E-state index is 13.0. The second-order valence-corrected chi connectivity index (χ2v) is 7.97. The van der Waals surface area contributed by atoms with Gasteiger partial charge < -0.3 is 14.2 Å². The topological polar surface area (TPSA) is 85.4 Å². The van der Waals surface area contributed by atoms with Crippen LogP contribution in [-0.4, -0.2) is 67.4 Å². The van der Waals surface area contributed by atoms with Crippen LogP contribution in [0.25, 0.3) is 0 Å². The smallest absolute Gasteiger partial charge is 0.338 e. The molecule has 8 nitrogen and oxygen atoms in total. The van der Waals surface area contributed by atoms with Crippen LogP contribution in [0.15, 0.2) is 24.3 Å². The van der Waals surface area contributed by atoms with Crippen molar-refractivity contribution >= 4 is 23.5 Å². The molecule has 1 atom stereocenters. The fraction of sp³-hybridized carbons (Fsp3) is 0.591. The molecule has 162 valence electrons. The molecule has 1 spiro atoms. The van der Waals surface area contributed by atoms with Crippen molar-refractivity contribution in [3.8, 4) is 0 Å². The Morgan fingerprint density at radius 3 is 2.43 bits per heavy atom. The summed E-state index contributed by atoms with van der Waals surface area (Å²) in [5, 5.41) is 0. The van der Waals surface area contributed by atoms with Gasteiger partial charge in [-0.2, -0.15) is 0 Å². The molecule has 0 N–H and O–H groups in total. The molecule has 0 aliphatic carbocycles. The minimum Gasteiger partial charge on any atom is -0.462 e. The van der Waals surface area contributed by atoms with Crippen LogP contribution in [0.4, 0.5) is 5.69 Å². The van der Waals surface area contributed by atoms with Crippen LogP contribution in [0.5, 0.6) is 0 Å². The van der Waals surface area contributed by atoms with Crippen LogP contribution in [0.3, 0.4) is 0 Å². The first-order valence-corrected chi connectivity index (χ1v) is 10.7. The lowest BCUT2D eigenvalue weighted by atomic mass is 10.0. The molecular weight excluding hydrogens is 388 g/mol. The van der Waals surface area contributed by atoms with Crippen LogP contribution in [0.2, 0.25) is 0 Å². The highest BCUT2D eigenvalue weighted by atomic mass is 16.7. The Balaban J connectivity index is 1.38. The lowest BCUT2D eigenvalue weighted by Gasteiger charge is -2.39. The number of hydrogen-bond acceptors (Lipinski definition) is 7. The molecule has 30 heavy (non-hydrogen) atoms. The minimum absolute atomic E-state index is 0.161. The molecule has 0 radical (unpaired) electrons. The molecule has 8 heteroatoms. The Morgan fingerprint density at radius 2 is 1.80 bits per heavy atom. The van der Waals surface area contributed by atoms with Gasteiger partial charge in [-0.15, -0.1) is 0 Å². The first kappa shape index (κ1) is 21.0. The monoisotopic (exact) mass is 416 g/mol. The number of ether oxygens (including phenoxy) is 3. The molecule has 0 aromatic heterocycles. The lowest BCUT2D eigenvalue weighted by molar-refractivity contribution is -0.188. The summed E-state index contributed by atoms with van der Waals surface area (Å²) < 4.78 is 16.7. The molecule has 2 amide bonds. The third-order valence-electron chi connectivity index (χ3n) is 6.03. The van der Waals surface area contributed by atoms with Gasteiger partial charge in [-0.05, 0) is 30.7 Å². The summed E-state index contributed by atoms with van der Waals surface area (Å²) >= 11 is 0. The van der Waals surface area contributed by atoms with Gasteiger partial charge in [0.1, 0.15) is 0 Å². The number of esters is 1. The van der Waals surface area contributed by atoms with Gasteiger partial charge in [0.05, 0.1) is 43.5 Å². The van der Waals surface area contributed by atoms with Gasteiger partial charge in [0.25, 0.3) is 5.91 Å². The summed E-state index contributed by atoms with van der Waals surface area (Å²) in [5.74, 6) is -1.35. The quantitative estimate of drug-likeness (QED) is 0.399. The highest BCUT2D eigenvalue weighted by Gasteiger charge is 2.47. The van der Waals surface area contributed by atoms with E-state index in [4.69, 9.17) is 14.2 Å². The number of benzene rings is 1. The number of carbonyl (C=O) groups is 3. The molecular formula is C22H28N2O6. The summed E-state index contributed by atoms with van der Waals surface area (Å²) in [6.07, 6.45) is 3.32. The summed E-state index contributed by atoms with van der Waals surface area (Å²) in [4.78, 5) is 41.0. The molecule has 3 aliphatic rings. The molecule has 4 rings (SSSR count). The molecule has 0 unspecified atom stereocenters. The van der Waals surface area contributed by atoms with E-state index in [1.807, 2.05) is 6.92 Å². The van der Waals surface area contributed by atoms with E-state index in [0.717, 1.165) is 12.8 Å². The largest absolute Gasteiger partial charge is 0.462 e. The van der Waals surface area contributed by atoms with Crippen molar-refractivity contribution in [1.82, 2.24) is 4.90 Å². The maximum Gasteiger partial charge on any atom is 0.338 e. The van der Waals surface area contributed by atoms with E-state index >= 15 is 0 Å². The highest BCUT2D eigenvalue weighted by Crippen LogP contribution is 2.34. The van der Waals surface area contributed by atoms with Crippen LogP contribution in [-0.2, 0) is 23.8 Å². The van der Waals surface area contributed by atoms with Crippen molar-refractivity contribution in [1.29, 1.82) is 0 Å². The molecule has 3 fully saturated rings. The van der Waals surface area contributed by atoms with E-state index in [1.165, 1.54) is 4.90 Å². The van der Waals surface area contributed by atoms with Crippen molar-refractivity contribution in [2.75, 3.05) is 37.8 Å². The maximum absolute atomic E-state index is 13.0. The Kier molecular flexibility index (Phi) is 6.17. The molecule has 3 heterocycles. The van der Waals surface area contributed by atoms with Crippen molar-refractivity contribution in [2.24, 2.45) is 0 Å². The average molecular weight is 416 g/mol. The number of rotatable bonds is 6. The van der Waals surface area contributed by atoms with Gasteiger partial charge in [0, 0.05) is 25.9 Å². The van der Waals surface area contributed by atoms with Gasteiger partial charge in [-0.3, -0.25) is 14.5 Å². The molecule has 0 saturated carbocycles. The third kappa shape index (κ3) is 4.12. The zero-order valence-electron chi connectivity index (χ0n) is 17.3. The zero-order valence-corrected chi connectivity index (χ0v) is 17.3. The van der Waals surface area contributed by atoms with E-state index in [1.54, 1.807) is 24.3 Å². The van der Waals surface area contributed by atoms with Gasteiger partial charge in [-0.1, -0.05) is 13.3 Å². The molecule has 3 aliphatic heterocycles. The predicted octanol–water partition coefficient (Wildman–Crippen LogP) is 2.11. The third-order valence-corrected chi connectivity index (χ3v) is 6.03. The van der Waals surface area contributed by atoms with E-state index in [-0.39, 0.29) is 18.2 Å². The Bertz CT molecular complexity index is 792. The van der Waals surface area contributed by atoms with Crippen LogP contribution >= 0.6 is 0 Å².